The summed E-state index contributed by atoms with van der Waals surface area (Å²) in [5.74, 6) is 0.616. The van der Waals surface area contributed by atoms with Crippen molar-refractivity contribution < 1.29 is 9.21 Å². The number of hydrogen-bond acceptors (Lipinski definition) is 4. The van der Waals surface area contributed by atoms with E-state index >= 15 is 0 Å². The third kappa shape index (κ3) is 3.08. The summed E-state index contributed by atoms with van der Waals surface area (Å²) < 4.78 is 5.52. The number of anilines is 1. The zero-order chi connectivity index (χ0) is 16.5. The van der Waals surface area contributed by atoms with Crippen LogP contribution in [0, 0.1) is 6.92 Å². The van der Waals surface area contributed by atoms with Gasteiger partial charge in [-0.3, -0.25) is 4.98 Å². The molecule has 1 aromatic carbocycles. The third-order valence-corrected chi connectivity index (χ3v) is 4.10. The molecular weight excluding hydrogens is 304 g/mol. The van der Waals surface area contributed by atoms with Gasteiger partial charge in [0.1, 0.15) is 5.52 Å². The number of carbonyl (C=O) groups excluding carboxylic acids is 1. The minimum atomic E-state index is -0.0927. The number of rotatable bonds is 4. The van der Waals surface area contributed by atoms with E-state index in [1.807, 2.05) is 42.2 Å². The maximum Gasteiger partial charge on any atom is 0.322 e. The maximum atomic E-state index is 12.7. The fraction of sp³-hybridized carbons (Fsp3) is 0.278. The summed E-state index contributed by atoms with van der Waals surface area (Å²) in [6.07, 6.45) is 5.61. The van der Waals surface area contributed by atoms with Crippen molar-refractivity contribution in [2.75, 3.05) is 5.32 Å². The lowest BCUT2D eigenvalue weighted by molar-refractivity contribution is 0.206. The number of benzene rings is 1. The summed E-state index contributed by atoms with van der Waals surface area (Å²) in [5, 5.41) is 2.97. The Morgan fingerprint density at radius 2 is 2.08 bits per heavy atom. The molecule has 0 unspecified atom stereocenters. The quantitative estimate of drug-likeness (QED) is 0.794. The molecule has 1 aliphatic carbocycles. The van der Waals surface area contributed by atoms with Gasteiger partial charge in [0.2, 0.25) is 0 Å². The van der Waals surface area contributed by atoms with Crippen molar-refractivity contribution in [2.24, 2.45) is 0 Å². The first-order chi connectivity index (χ1) is 11.7. The van der Waals surface area contributed by atoms with Crippen molar-refractivity contribution in [3.8, 4) is 0 Å². The minimum absolute atomic E-state index is 0.0927. The summed E-state index contributed by atoms with van der Waals surface area (Å²) in [4.78, 5) is 22.9. The Bertz CT molecular complexity index is 871. The second kappa shape index (κ2) is 5.96. The van der Waals surface area contributed by atoms with Gasteiger partial charge in [0.05, 0.1) is 0 Å². The highest BCUT2D eigenvalue weighted by molar-refractivity contribution is 5.92. The molecule has 0 bridgehead atoms. The maximum absolute atomic E-state index is 12.7. The van der Waals surface area contributed by atoms with Crippen molar-refractivity contribution in [2.45, 2.75) is 32.4 Å². The molecule has 0 radical (unpaired) electrons. The molecule has 2 heterocycles. The summed E-state index contributed by atoms with van der Waals surface area (Å²) in [6, 6.07) is 9.60. The van der Waals surface area contributed by atoms with E-state index in [1.54, 1.807) is 12.4 Å². The van der Waals surface area contributed by atoms with Crippen LogP contribution < -0.4 is 5.32 Å². The van der Waals surface area contributed by atoms with Gasteiger partial charge < -0.3 is 14.6 Å². The number of pyridine rings is 1. The standard InChI is InChI=1S/C18H18N4O2/c1-12-20-16-5-2-14(10-17(16)24-12)21-18(23)22(15-3-4-15)11-13-6-8-19-9-7-13/h2,5-10,15H,3-4,11H2,1H3,(H,21,23). The highest BCUT2D eigenvalue weighted by Crippen LogP contribution is 2.29. The Kier molecular flexibility index (Phi) is 3.65. The Hall–Kier alpha value is -2.89. The molecule has 6 nitrogen and oxygen atoms in total. The highest BCUT2D eigenvalue weighted by Gasteiger charge is 2.32. The monoisotopic (exact) mass is 322 g/mol. The van der Waals surface area contributed by atoms with Gasteiger partial charge in [0.15, 0.2) is 11.5 Å². The van der Waals surface area contributed by atoms with Crippen LogP contribution in [0.5, 0.6) is 0 Å². The molecule has 0 atom stereocenters. The number of oxazole rings is 1. The van der Waals surface area contributed by atoms with Crippen LogP contribution in [0.2, 0.25) is 0 Å². The van der Waals surface area contributed by atoms with Gasteiger partial charge in [0.25, 0.3) is 0 Å². The summed E-state index contributed by atoms with van der Waals surface area (Å²) in [6.45, 7) is 2.39. The first kappa shape index (κ1) is 14.7. The van der Waals surface area contributed by atoms with E-state index in [0.29, 0.717) is 29.7 Å². The Morgan fingerprint density at radius 3 is 2.83 bits per heavy atom. The van der Waals surface area contributed by atoms with Crippen LogP contribution in [0.25, 0.3) is 11.1 Å². The minimum Gasteiger partial charge on any atom is -0.441 e. The average Bonchev–Trinajstić information content (AvgIpc) is 3.34. The molecule has 0 aliphatic heterocycles. The van der Waals surface area contributed by atoms with Gasteiger partial charge in [-0.2, -0.15) is 0 Å². The van der Waals surface area contributed by atoms with E-state index in [9.17, 15) is 4.79 Å². The first-order valence-corrected chi connectivity index (χ1v) is 8.03. The molecular formula is C18H18N4O2. The lowest BCUT2D eigenvalue weighted by atomic mass is 10.2. The molecule has 1 saturated carbocycles. The predicted molar refractivity (Wildman–Crippen MR) is 90.6 cm³/mol. The largest absolute Gasteiger partial charge is 0.441 e. The Morgan fingerprint density at radius 1 is 1.29 bits per heavy atom. The fourth-order valence-electron chi connectivity index (χ4n) is 2.75. The number of hydrogen-bond donors (Lipinski definition) is 1. The molecule has 2 aromatic heterocycles. The van der Waals surface area contributed by atoms with Crippen LogP contribution in [0.15, 0.2) is 47.1 Å². The topological polar surface area (TPSA) is 71.3 Å². The lowest BCUT2D eigenvalue weighted by Gasteiger charge is -2.23. The summed E-state index contributed by atoms with van der Waals surface area (Å²) in [7, 11) is 0. The van der Waals surface area contributed by atoms with Crippen molar-refractivity contribution in [1.29, 1.82) is 0 Å². The average molecular weight is 322 g/mol. The van der Waals surface area contributed by atoms with E-state index in [0.717, 1.165) is 23.9 Å². The van der Waals surface area contributed by atoms with Crippen molar-refractivity contribution in [3.05, 3.63) is 54.2 Å². The molecule has 4 rings (SSSR count). The van der Waals surface area contributed by atoms with Crippen molar-refractivity contribution >= 4 is 22.8 Å². The molecule has 6 heteroatoms. The third-order valence-electron chi connectivity index (χ3n) is 4.10. The smallest absolute Gasteiger partial charge is 0.322 e. The van der Waals surface area contributed by atoms with Gasteiger partial charge in [-0.15, -0.1) is 0 Å². The van der Waals surface area contributed by atoms with E-state index in [2.05, 4.69) is 15.3 Å². The number of nitrogens with zero attached hydrogens (tertiary/aromatic N) is 3. The number of aromatic nitrogens is 2. The number of carbonyl (C=O) groups is 1. The van der Waals surface area contributed by atoms with E-state index < -0.39 is 0 Å². The summed E-state index contributed by atoms with van der Waals surface area (Å²) in [5.41, 5.74) is 3.26. The number of aryl methyl sites for hydroxylation is 1. The van der Waals surface area contributed by atoms with Crippen molar-refractivity contribution in [3.63, 3.8) is 0 Å². The normalized spacial score (nSPS) is 13.9. The van der Waals surface area contributed by atoms with Crippen molar-refractivity contribution in [1.82, 2.24) is 14.9 Å². The van der Waals surface area contributed by atoms with Gasteiger partial charge in [-0.25, -0.2) is 9.78 Å². The molecule has 1 N–H and O–H groups in total. The molecule has 24 heavy (non-hydrogen) atoms. The molecule has 3 aromatic rings. The number of urea groups is 1. The molecule has 122 valence electrons. The zero-order valence-corrected chi connectivity index (χ0v) is 13.4. The molecule has 0 spiro atoms. The molecule has 1 fully saturated rings. The van der Waals surface area contributed by atoms with Gasteiger partial charge in [-0.05, 0) is 42.7 Å². The fourth-order valence-corrected chi connectivity index (χ4v) is 2.75. The number of amides is 2. The zero-order valence-electron chi connectivity index (χ0n) is 13.4. The second-order valence-electron chi connectivity index (χ2n) is 6.06. The molecule has 1 aliphatic rings. The Labute approximate surface area is 139 Å². The second-order valence-corrected chi connectivity index (χ2v) is 6.06. The van der Waals surface area contributed by atoms with Crippen LogP contribution in [0.3, 0.4) is 0 Å². The van der Waals surface area contributed by atoms with Gasteiger partial charge >= 0.3 is 6.03 Å². The van der Waals surface area contributed by atoms with Crippen LogP contribution in [-0.4, -0.2) is 26.9 Å². The van der Waals surface area contributed by atoms with Crippen LogP contribution in [0.4, 0.5) is 10.5 Å². The number of nitrogens with one attached hydrogen (secondary N) is 1. The molecule has 0 saturated heterocycles. The van der Waals surface area contributed by atoms with Gasteiger partial charge in [0, 0.05) is 43.7 Å². The van der Waals surface area contributed by atoms with E-state index in [1.165, 1.54) is 0 Å². The molecule has 2 amide bonds. The SMILES string of the molecule is Cc1nc2ccc(NC(=O)N(Cc3ccncc3)C3CC3)cc2o1. The predicted octanol–water partition coefficient (Wildman–Crippen LogP) is 3.73. The van der Waals surface area contributed by atoms with Crippen LogP contribution in [0.1, 0.15) is 24.3 Å². The van der Waals surface area contributed by atoms with Crippen LogP contribution >= 0.6 is 0 Å². The van der Waals surface area contributed by atoms with E-state index in [4.69, 9.17) is 4.42 Å². The summed E-state index contributed by atoms with van der Waals surface area (Å²) >= 11 is 0. The highest BCUT2D eigenvalue weighted by atomic mass is 16.3. The lowest BCUT2D eigenvalue weighted by Crippen LogP contribution is -2.36. The van der Waals surface area contributed by atoms with E-state index in [-0.39, 0.29) is 6.03 Å². The number of fused-ring (bicyclic) bond motifs is 1. The Balaban J connectivity index is 1.51. The first-order valence-electron chi connectivity index (χ1n) is 8.03. The van der Waals surface area contributed by atoms with Gasteiger partial charge in [-0.1, -0.05) is 0 Å². The van der Waals surface area contributed by atoms with Crippen LogP contribution in [-0.2, 0) is 6.54 Å².